The molecule has 1 fully saturated rings. The first-order valence-corrected chi connectivity index (χ1v) is 8.32. The van der Waals surface area contributed by atoms with Gasteiger partial charge in [0.2, 0.25) is 5.95 Å². The number of nitrogens with one attached hydrogen (secondary N) is 1. The molecule has 0 atom stereocenters. The van der Waals surface area contributed by atoms with E-state index >= 15 is 0 Å². The molecular weight excluding hydrogens is 343 g/mol. The van der Waals surface area contributed by atoms with Crippen molar-refractivity contribution < 1.29 is 17.9 Å². The molecule has 1 saturated carbocycles. The molecule has 4 nitrogen and oxygen atoms in total. The Balaban J connectivity index is 1.34. The van der Waals surface area contributed by atoms with Gasteiger partial charge < -0.3 is 10.1 Å². The predicted octanol–water partition coefficient (Wildman–Crippen LogP) is 3.75. The van der Waals surface area contributed by atoms with Crippen LogP contribution >= 0.6 is 0 Å². The summed E-state index contributed by atoms with van der Waals surface area (Å²) in [6.45, 7) is 0.400. The van der Waals surface area contributed by atoms with Gasteiger partial charge in [-0.05, 0) is 36.4 Å². The molecule has 1 aliphatic carbocycles. The van der Waals surface area contributed by atoms with Crippen molar-refractivity contribution >= 4 is 10.8 Å². The number of rotatable bonds is 5. The molecule has 7 heteroatoms. The number of pyridine rings is 2. The Labute approximate surface area is 148 Å². The van der Waals surface area contributed by atoms with Gasteiger partial charge >= 0.3 is 0 Å². The molecular formula is C19H16F3N3O. The van der Waals surface area contributed by atoms with E-state index in [2.05, 4.69) is 15.3 Å². The van der Waals surface area contributed by atoms with E-state index < -0.39 is 11.8 Å². The normalized spacial score (nSPS) is 19.3. The Hall–Kier alpha value is -2.67. The lowest BCUT2D eigenvalue weighted by molar-refractivity contribution is 0.0833. The van der Waals surface area contributed by atoms with Crippen LogP contribution in [0.25, 0.3) is 10.8 Å². The van der Waals surface area contributed by atoms with Crippen LogP contribution in [0.1, 0.15) is 18.4 Å². The fourth-order valence-electron chi connectivity index (χ4n) is 3.12. The SMILES string of the molecule is Fc1cc(O[C@H]2C[C@H](NCc3c(F)ccc4cnccc34)C2)cnc1F. The van der Waals surface area contributed by atoms with Crippen LogP contribution in [-0.2, 0) is 6.54 Å². The van der Waals surface area contributed by atoms with Gasteiger partial charge in [0.1, 0.15) is 17.7 Å². The van der Waals surface area contributed by atoms with Crippen molar-refractivity contribution in [3.8, 4) is 5.75 Å². The number of nitrogens with zero attached hydrogens (tertiary/aromatic N) is 2. The van der Waals surface area contributed by atoms with Gasteiger partial charge in [0.05, 0.1) is 6.20 Å². The molecule has 0 radical (unpaired) electrons. The highest BCUT2D eigenvalue weighted by atomic mass is 19.2. The third-order valence-electron chi connectivity index (χ3n) is 4.61. The molecule has 0 aliphatic heterocycles. The average molecular weight is 359 g/mol. The highest BCUT2D eigenvalue weighted by Gasteiger charge is 2.31. The number of aromatic nitrogens is 2. The van der Waals surface area contributed by atoms with Crippen LogP contribution < -0.4 is 10.1 Å². The maximum atomic E-state index is 14.2. The van der Waals surface area contributed by atoms with E-state index in [1.807, 2.05) is 0 Å². The quantitative estimate of drug-likeness (QED) is 0.705. The predicted molar refractivity (Wildman–Crippen MR) is 90.1 cm³/mol. The van der Waals surface area contributed by atoms with Gasteiger partial charge in [0.15, 0.2) is 5.82 Å². The second-order valence-corrected chi connectivity index (χ2v) is 6.36. The average Bonchev–Trinajstić information content (AvgIpc) is 2.61. The first-order chi connectivity index (χ1) is 12.6. The van der Waals surface area contributed by atoms with Gasteiger partial charge in [0, 0.05) is 42.0 Å². The maximum Gasteiger partial charge on any atom is 0.249 e. The number of benzene rings is 1. The molecule has 134 valence electrons. The monoisotopic (exact) mass is 359 g/mol. The molecule has 1 N–H and O–H groups in total. The van der Waals surface area contributed by atoms with E-state index in [9.17, 15) is 13.2 Å². The Kier molecular flexibility index (Phi) is 4.46. The zero-order valence-corrected chi connectivity index (χ0v) is 13.8. The van der Waals surface area contributed by atoms with E-state index in [1.165, 1.54) is 12.3 Å². The minimum Gasteiger partial charge on any atom is -0.489 e. The fourth-order valence-corrected chi connectivity index (χ4v) is 3.12. The van der Waals surface area contributed by atoms with Crippen LogP contribution in [0.4, 0.5) is 13.2 Å². The lowest BCUT2D eigenvalue weighted by Crippen LogP contribution is -2.46. The highest BCUT2D eigenvalue weighted by molar-refractivity contribution is 5.84. The second-order valence-electron chi connectivity index (χ2n) is 6.36. The van der Waals surface area contributed by atoms with Gasteiger partial charge in [-0.1, -0.05) is 0 Å². The largest absolute Gasteiger partial charge is 0.489 e. The topological polar surface area (TPSA) is 47.0 Å². The Morgan fingerprint density at radius 3 is 2.73 bits per heavy atom. The molecule has 0 amide bonds. The van der Waals surface area contributed by atoms with Gasteiger partial charge in [-0.3, -0.25) is 4.98 Å². The molecule has 2 aromatic heterocycles. The van der Waals surface area contributed by atoms with Gasteiger partial charge in [-0.15, -0.1) is 0 Å². The molecule has 0 saturated heterocycles. The standard InChI is InChI=1S/C19H16F3N3O/c20-17-2-1-11-8-23-4-3-15(11)16(17)10-24-12-5-13(6-12)26-14-7-18(21)19(22)25-9-14/h1-4,7-9,12-13,24H,5-6,10H2/t12-,13-. The molecule has 0 unspecified atom stereocenters. The Bertz CT molecular complexity index is 944. The summed E-state index contributed by atoms with van der Waals surface area (Å²) < 4.78 is 45.7. The van der Waals surface area contributed by atoms with Crippen LogP contribution in [0.2, 0.25) is 0 Å². The van der Waals surface area contributed by atoms with Crippen LogP contribution in [0, 0.1) is 17.6 Å². The molecule has 0 spiro atoms. The van der Waals surface area contributed by atoms with E-state index in [0.29, 0.717) is 24.9 Å². The minimum absolute atomic E-state index is 0.0966. The summed E-state index contributed by atoms with van der Waals surface area (Å²) >= 11 is 0. The molecule has 3 aromatic rings. The van der Waals surface area contributed by atoms with Crippen molar-refractivity contribution in [2.75, 3.05) is 0 Å². The van der Waals surface area contributed by atoms with Gasteiger partial charge in [-0.2, -0.15) is 4.39 Å². The first-order valence-electron chi connectivity index (χ1n) is 8.32. The zero-order valence-electron chi connectivity index (χ0n) is 13.8. The third-order valence-corrected chi connectivity index (χ3v) is 4.61. The minimum atomic E-state index is -1.14. The maximum absolute atomic E-state index is 14.2. The van der Waals surface area contributed by atoms with Crippen molar-refractivity contribution in [2.24, 2.45) is 0 Å². The molecule has 1 aromatic carbocycles. The van der Waals surface area contributed by atoms with E-state index in [-0.39, 0.29) is 23.7 Å². The van der Waals surface area contributed by atoms with Crippen molar-refractivity contribution in [1.82, 2.24) is 15.3 Å². The van der Waals surface area contributed by atoms with Crippen LogP contribution in [-0.4, -0.2) is 22.1 Å². The van der Waals surface area contributed by atoms with E-state index in [1.54, 1.807) is 24.5 Å². The molecule has 0 bridgehead atoms. The summed E-state index contributed by atoms with van der Waals surface area (Å²) in [5.74, 6) is -2.22. The Morgan fingerprint density at radius 2 is 1.92 bits per heavy atom. The lowest BCUT2D eigenvalue weighted by atomic mass is 9.89. The summed E-state index contributed by atoms with van der Waals surface area (Å²) in [5.41, 5.74) is 0.610. The highest BCUT2D eigenvalue weighted by Crippen LogP contribution is 2.27. The second kappa shape index (κ2) is 6.92. The molecule has 2 heterocycles. The van der Waals surface area contributed by atoms with Crippen LogP contribution in [0.15, 0.2) is 42.9 Å². The molecule has 4 rings (SSSR count). The summed E-state index contributed by atoms with van der Waals surface area (Å²) in [6.07, 6.45) is 5.83. The first kappa shape index (κ1) is 16.8. The summed E-state index contributed by atoms with van der Waals surface area (Å²) in [4.78, 5) is 7.35. The van der Waals surface area contributed by atoms with Crippen molar-refractivity contribution in [3.63, 3.8) is 0 Å². The van der Waals surface area contributed by atoms with Crippen molar-refractivity contribution in [1.29, 1.82) is 0 Å². The third kappa shape index (κ3) is 3.35. The van der Waals surface area contributed by atoms with E-state index in [4.69, 9.17) is 4.74 Å². The van der Waals surface area contributed by atoms with Gasteiger partial charge in [0.25, 0.3) is 0 Å². The number of hydrogen-bond acceptors (Lipinski definition) is 4. The smallest absolute Gasteiger partial charge is 0.249 e. The number of fused-ring (bicyclic) bond motifs is 1. The van der Waals surface area contributed by atoms with Gasteiger partial charge in [-0.25, -0.2) is 13.8 Å². The molecule has 1 aliphatic rings. The number of ether oxygens (including phenoxy) is 1. The fraction of sp³-hybridized carbons (Fsp3) is 0.263. The molecule has 26 heavy (non-hydrogen) atoms. The Morgan fingerprint density at radius 1 is 1.08 bits per heavy atom. The summed E-state index contributed by atoms with van der Waals surface area (Å²) in [7, 11) is 0. The number of hydrogen-bond donors (Lipinski definition) is 1. The van der Waals surface area contributed by atoms with E-state index in [0.717, 1.165) is 16.8 Å². The van der Waals surface area contributed by atoms with Crippen molar-refractivity contribution in [3.05, 3.63) is 66.0 Å². The zero-order chi connectivity index (χ0) is 18.1. The van der Waals surface area contributed by atoms with Crippen molar-refractivity contribution in [2.45, 2.75) is 31.5 Å². The van der Waals surface area contributed by atoms with Crippen LogP contribution in [0.3, 0.4) is 0 Å². The van der Waals surface area contributed by atoms with Crippen LogP contribution in [0.5, 0.6) is 5.75 Å². The number of halogens is 3. The summed E-state index contributed by atoms with van der Waals surface area (Å²) in [5, 5.41) is 5.05. The lowest BCUT2D eigenvalue weighted by Gasteiger charge is -2.36. The summed E-state index contributed by atoms with van der Waals surface area (Å²) in [6, 6.07) is 6.13.